The third-order valence-electron chi connectivity index (χ3n) is 11.4. The molecular weight excluding hydrogens is 571 g/mol. The van der Waals surface area contributed by atoms with E-state index in [2.05, 4.69) is 89.5 Å². The summed E-state index contributed by atoms with van der Waals surface area (Å²) in [5.74, 6) is 0.559. The largest absolute Gasteiger partial charge is 0.408 e. The number of aldehydes is 1. The number of hydrogen-bond acceptors (Lipinski definition) is 6. The van der Waals surface area contributed by atoms with Gasteiger partial charge in [0.05, 0.1) is 18.8 Å². The van der Waals surface area contributed by atoms with E-state index >= 15 is 0 Å². The van der Waals surface area contributed by atoms with Crippen molar-refractivity contribution in [1.29, 1.82) is 0 Å². The van der Waals surface area contributed by atoms with Crippen molar-refractivity contribution in [3.63, 3.8) is 0 Å². The van der Waals surface area contributed by atoms with Crippen LogP contribution in [0.2, 0.25) is 39.3 Å². The lowest BCUT2D eigenvalue weighted by atomic mass is 9.49. The number of benzene rings is 1. The molecule has 43 heavy (non-hydrogen) atoms. The van der Waals surface area contributed by atoms with Crippen molar-refractivity contribution in [3.8, 4) is 0 Å². The van der Waals surface area contributed by atoms with Crippen LogP contribution in [0.4, 0.5) is 5.69 Å². The summed E-state index contributed by atoms with van der Waals surface area (Å²) >= 11 is 0. The molecule has 1 heterocycles. The minimum absolute atomic E-state index is 0.220. The van der Waals surface area contributed by atoms with Crippen molar-refractivity contribution in [2.45, 2.75) is 120 Å². The number of carbonyl (C=O) groups is 1. The fourth-order valence-electron chi connectivity index (χ4n) is 9.98. The van der Waals surface area contributed by atoms with Gasteiger partial charge >= 0.3 is 0 Å². The van der Waals surface area contributed by atoms with Gasteiger partial charge in [0.25, 0.3) is 0 Å². The van der Waals surface area contributed by atoms with Gasteiger partial charge < -0.3 is 28.0 Å². The molecule has 1 aliphatic heterocycles. The monoisotopic (exact) mass is 625 g/mol. The molecule has 0 aromatic heterocycles. The highest BCUT2D eigenvalue weighted by molar-refractivity contribution is 6.70. The highest BCUT2D eigenvalue weighted by atomic mass is 28.4. The summed E-state index contributed by atoms with van der Waals surface area (Å²) in [4.78, 5) is 15.4. The number of allylic oxidation sites excluding steroid dienone is 1. The zero-order valence-electron chi connectivity index (χ0n) is 28.2. The molecule has 1 aromatic carbocycles. The highest BCUT2D eigenvalue weighted by Crippen LogP contribution is 2.69. The zero-order chi connectivity index (χ0) is 31.1. The summed E-state index contributed by atoms with van der Waals surface area (Å²) in [7, 11) is 0.298. The number of rotatable bonds is 7. The first-order valence-corrected chi connectivity index (χ1v) is 23.5. The Hall–Kier alpha value is -1.30. The molecule has 6 atom stereocenters. The van der Waals surface area contributed by atoms with E-state index in [0.717, 1.165) is 51.4 Å². The van der Waals surface area contributed by atoms with Crippen LogP contribution in [-0.2, 0) is 23.1 Å². The number of hydrogen-bond donors (Lipinski definition) is 0. The van der Waals surface area contributed by atoms with Crippen molar-refractivity contribution in [2.24, 2.45) is 17.3 Å². The second kappa shape index (κ2) is 10.6. The molecule has 4 fully saturated rings. The SMILES string of the molecule is CN(C)c1ccc([C@H]2C[C@@]3(C)[C@@H](CC[C@@]3(C=O)O[Si](C)(C)C)[C@@H]3CC[C@@]4(O[Si](C)(C)C)CC5(CCC4=C32)OCCO5)cc1. The molecule has 8 heteroatoms. The summed E-state index contributed by atoms with van der Waals surface area (Å²) in [6, 6.07) is 9.20. The van der Waals surface area contributed by atoms with Gasteiger partial charge in [0.1, 0.15) is 5.60 Å². The lowest BCUT2D eigenvalue weighted by molar-refractivity contribution is -0.205. The first-order valence-electron chi connectivity index (χ1n) is 16.7. The molecule has 6 nitrogen and oxygen atoms in total. The Morgan fingerprint density at radius 2 is 1.56 bits per heavy atom. The van der Waals surface area contributed by atoms with Crippen molar-refractivity contribution < 1.29 is 23.1 Å². The normalized spacial score (nSPS) is 37.2. The van der Waals surface area contributed by atoms with E-state index < -0.39 is 28.0 Å². The van der Waals surface area contributed by atoms with E-state index in [9.17, 15) is 4.79 Å². The molecule has 6 rings (SSSR count). The minimum atomic E-state index is -1.98. The fraction of sp³-hybridized carbons (Fsp3) is 0.743. The van der Waals surface area contributed by atoms with E-state index in [-0.39, 0.29) is 16.9 Å². The average molecular weight is 626 g/mol. The quantitative estimate of drug-likeness (QED) is 0.176. The predicted octanol–water partition coefficient (Wildman–Crippen LogP) is 7.67. The van der Waals surface area contributed by atoms with Gasteiger partial charge in [0.15, 0.2) is 28.7 Å². The summed E-state index contributed by atoms with van der Waals surface area (Å²) in [5, 5.41) is 0. The van der Waals surface area contributed by atoms with Gasteiger partial charge in [0.2, 0.25) is 0 Å². The van der Waals surface area contributed by atoms with Crippen LogP contribution in [0, 0.1) is 17.3 Å². The number of ether oxygens (including phenoxy) is 2. The molecule has 4 aliphatic carbocycles. The van der Waals surface area contributed by atoms with Crippen LogP contribution in [0.15, 0.2) is 35.4 Å². The van der Waals surface area contributed by atoms with Crippen molar-refractivity contribution in [3.05, 3.63) is 41.0 Å². The van der Waals surface area contributed by atoms with Crippen LogP contribution >= 0.6 is 0 Å². The van der Waals surface area contributed by atoms with Crippen molar-refractivity contribution in [1.82, 2.24) is 0 Å². The molecule has 1 spiro atoms. The number of carbonyl (C=O) groups excluding carboxylic acids is 1. The van der Waals surface area contributed by atoms with E-state index in [1.807, 2.05) is 0 Å². The second-order valence-corrected chi connectivity index (χ2v) is 25.5. The molecule has 0 bridgehead atoms. The Bertz CT molecular complexity index is 1260. The van der Waals surface area contributed by atoms with E-state index in [1.165, 1.54) is 23.1 Å². The van der Waals surface area contributed by atoms with Crippen molar-refractivity contribution in [2.75, 3.05) is 32.2 Å². The number of fused-ring (bicyclic) bond motifs is 4. The van der Waals surface area contributed by atoms with E-state index in [4.69, 9.17) is 18.3 Å². The molecule has 0 amide bonds. The van der Waals surface area contributed by atoms with Gasteiger partial charge in [-0.25, -0.2) is 0 Å². The Morgan fingerprint density at radius 3 is 2.14 bits per heavy atom. The third kappa shape index (κ3) is 5.36. The average Bonchev–Trinajstić information content (AvgIpc) is 3.47. The van der Waals surface area contributed by atoms with Crippen LogP contribution < -0.4 is 4.90 Å². The summed E-state index contributed by atoms with van der Waals surface area (Å²) < 4.78 is 27.0. The molecule has 238 valence electrons. The molecule has 0 N–H and O–H groups in total. The highest BCUT2D eigenvalue weighted by Gasteiger charge is 2.67. The predicted molar refractivity (Wildman–Crippen MR) is 178 cm³/mol. The second-order valence-electron chi connectivity index (χ2n) is 16.6. The molecular formula is C35H55NO5Si2. The van der Waals surface area contributed by atoms with E-state index in [0.29, 0.717) is 25.0 Å². The lowest BCUT2D eigenvalue weighted by Crippen LogP contribution is -2.59. The van der Waals surface area contributed by atoms with Gasteiger partial charge in [-0.3, -0.25) is 0 Å². The summed E-state index contributed by atoms with van der Waals surface area (Å²) in [6.45, 7) is 17.4. The van der Waals surface area contributed by atoms with Gasteiger partial charge in [-0.1, -0.05) is 24.6 Å². The smallest absolute Gasteiger partial charge is 0.185 e. The van der Waals surface area contributed by atoms with Crippen LogP contribution in [0.5, 0.6) is 0 Å². The van der Waals surface area contributed by atoms with Crippen LogP contribution in [0.25, 0.3) is 0 Å². The van der Waals surface area contributed by atoms with Gasteiger partial charge in [0, 0.05) is 44.0 Å². The summed E-state index contributed by atoms with van der Waals surface area (Å²) in [6.07, 6.45) is 8.73. The molecule has 1 aromatic rings. The molecule has 0 radical (unpaired) electrons. The van der Waals surface area contributed by atoms with Crippen molar-refractivity contribution >= 4 is 28.6 Å². The standard InChI is InChI=1S/C35H55NO5Si2/c1-32-22-28(25-10-12-26(13-11-25)36(2)3)31-27(29(32)15-18-34(32,24-37)41-43(7,8)9)14-17-33(40-42(4,5)6)23-35(19-16-30(31)33)38-20-21-39-35/h10-13,24,27-29H,14-23H2,1-9H3/t27-,28+,29-,32-,33+,34-/m0/s1. The molecule has 0 unspecified atom stereocenters. The third-order valence-corrected chi connectivity index (χ3v) is 13.4. The van der Waals surface area contributed by atoms with Gasteiger partial charge in [-0.05, 0) is 113 Å². The maximum Gasteiger partial charge on any atom is 0.185 e. The van der Waals surface area contributed by atoms with Crippen LogP contribution in [0.3, 0.4) is 0 Å². The zero-order valence-corrected chi connectivity index (χ0v) is 30.2. The van der Waals surface area contributed by atoms with Crippen LogP contribution in [-0.4, -0.2) is 67.2 Å². The Kier molecular flexibility index (Phi) is 7.83. The summed E-state index contributed by atoms with van der Waals surface area (Å²) in [5.41, 5.74) is 4.44. The molecule has 1 saturated heterocycles. The Morgan fingerprint density at radius 1 is 0.907 bits per heavy atom. The first kappa shape index (κ1) is 31.7. The fourth-order valence-corrected chi connectivity index (χ4v) is 12.9. The van der Waals surface area contributed by atoms with Gasteiger partial charge in [-0.2, -0.15) is 0 Å². The lowest BCUT2D eigenvalue weighted by Gasteiger charge is -2.59. The number of nitrogens with zero attached hydrogens (tertiary/aromatic N) is 1. The number of anilines is 1. The van der Waals surface area contributed by atoms with Crippen LogP contribution in [0.1, 0.15) is 69.8 Å². The van der Waals surface area contributed by atoms with Gasteiger partial charge in [-0.15, -0.1) is 0 Å². The molecule has 5 aliphatic rings. The minimum Gasteiger partial charge on any atom is -0.408 e. The van der Waals surface area contributed by atoms with E-state index in [1.54, 1.807) is 5.57 Å². The maximum absolute atomic E-state index is 13.2. The Balaban J connectivity index is 1.52. The topological polar surface area (TPSA) is 57.2 Å². The first-order chi connectivity index (χ1) is 20.1. The maximum atomic E-state index is 13.2. The Labute approximate surface area is 262 Å². The molecule has 3 saturated carbocycles.